The van der Waals surface area contributed by atoms with Gasteiger partial charge >= 0.3 is 0 Å². The summed E-state index contributed by atoms with van der Waals surface area (Å²) in [6, 6.07) is 0. The van der Waals surface area contributed by atoms with Crippen LogP contribution < -0.4 is 0 Å². The summed E-state index contributed by atoms with van der Waals surface area (Å²) in [5, 5.41) is 0.258. The van der Waals surface area contributed by atoms with Crippen LogP contribution in [-0.2, 0) is 0 Å². The van der Waals surface area contributed by atoms with Crippen LogP contribution in [0.5, 0.6) is 0 Å². The van der Waals surface area contributed by atoms with Crippen LogP contribution in [0.15, 0.2) is 12.2 Å². The van der Waals surface area contributed by atoms with Crippen molar-refractivity contribution in [1.29, 1.82) is 0 Å². The van der Waals surface area contributed by atoms with Gasteiger partial charge in [0.25, 0.3) is 0 Å². The Hall–Kier alpha value is 0.320. The van der Waals surface area contributed by atoms with E-state index >= 15 is 0 Å². The zero-order valence-corrected chi connectivity index (χ0v) is 10.8. The van der Waals surface area contributed by atoms with Crippen LogP contribution >= 0.6 is 23.2 Å². The Balaban J connectivity index is 3.31. The Morgan fingerprint density at radius 1 is 1.00 bits per heavy atom. The molecule has 84 valence electrons. The quantitative estimate of drug-likeness (QED) is 0.311. The van der Waals surface area contributed by atoms with Gasteiger partial charge in [0.1, 0.15) is 0 Å². The van der Waals surface area contributed by atoms with Gasteiger partial charge in [0.15, 0.2) is 0 Å². The highest BCUT2D eigenvalue weighted by Crippen LogP contribution is 2.12. The average molecular weight is 237 g/mol. The lowest BCUT2D eigenvalue weighted by atomic mass is 10.1. The number of unbranched alkanes of at least 4 members (excludes halogenated alkanes) is 4. The maximum Gasteiger partial charge on any atom is 0.0516 e. The molecule has 0 saturated carbocycles. The van der Waals surface area contributed by atoms with Gasteiger partial charge in [-0.15, -0.1) is 23.2 Å². The predicted molar refractivity (Wildman–Crippen MR) is 67.5 cm³/mol. The third kappa shape index (κ3) is 10.4. The van der Waals surface area contributed by atoms with Crippen LogP contribution in [0.3, 0.4) is 0 Å². The first kappa shape index (κ1) is 14.3. The van der Waals surface area contributed by atoms with E-state index in [9.17, 15) is 0 Å². The Labute approximate surface area is 98.7 Å². The summed E-state index contributed by atoms with van der Waals surface area (Å²) in [5.41, 5.74) is 0. The molecule has 0 aromatic heterocycles. The van der Waals surface area contributed by atoms with Crippen molar-refractivity contribution in [3.8, 4) is 0 Å². The fourth-order valence-electron chi connectivity index (χ4n) is 1.31. The van der Waals surface area contributed by atoms with Gasteiger partial charge in [-0.2, -0.15) is 0 Å². The maximum absolute atomic E-state index is 6.09. The Kier molecular flexibility index (Phi) is 10.1. The molecule has 0 aromatic rings. The van der Waals surface area contributed by atoms with E-state index in [2.05, 4.69) is 6.92 Å². The molecule has 2 unspecified atom stereocenters. The summed E-state index contributed by atoms with van der Waals surface area (Å²) in [7, 11) is 0. The van der Waals surface area contributed by atoms with E-state index in [-0.39, 0.29) is 10.8 Å². The summed E-state index contributed by atoms with van der Waals surface area (Å²) in [4.78, 5) is 0. The van der Waals surface area contributed by atoms with Crippen LogP contribution in [0, 0.1) is 0 Å². The fourth-order valence-corrected chi connectivity index (χ4v) is 1.64. The van der Waals surface area contributed by atoms with Crippen LogP contribution in [0.1, 0.15) is 52.4 Å². The van der Waals surface area contributed by atoms with Crippen molar-refractivity contribution in [3.63, 3.8) is 0 Å². The topological polar surface area (TPSA) is 0 Å². The monoisotopic (exact) mass is 236 g/mol. The second-order valence-corrected chi connectivity index (χ2v) is 5.03. The van der Waals surface area contributed by atoms with Crippen molar-refractivity contribution in [3.05, 3.63) is 12.2 Å². The minimum atomic E-state index is 0.0938. The zero-order valence-electron chi connectivity index (χ0n) is 9.31. The Morgan fingerprint density at radius 3 is 2.21 bits per heavy atom. The minimum Gasteiger partial charge on any atom is -0.119 e. The first-order chi connectivity index (χ1) is 6.66. The second-order valence-electron chi connectivity index (χ2n) is 3.78. The average Bonchev–Trinajstić information content (AvgIpc) is 2.14. The number of hydrogen-bond acceptors (Lipinski definition) is 0. The van der Waals surface area contributed by atoms with Gasteiger partial charge in [0, 0.05) is 5.38 Å². The largest absolute Gasteiger partial charge is 0.119 e. The molecule has 0 N–H and O–H groups in total. The van der Waals surface area contributed by atoms with E-state index in [1.807, 2.05) is 19.1 Å². The van der Waals surface area contributed by atoms with E-state index in [0.29, 0.717) is 0 Å². The molecule has 0 spiro atoms. The maximum atomic E-state index is 6.09. The van der Waals surface area contributed by atoms with Gasteiger partial charge in [-0.25, -0.2) is 0 Å². The van der Waals surface area contributed by atoms with Crippen LogP contribution in [0.4, 0.5) is 0 Å². The normalized spacial score (nSPS) is 16.0. The summed E-state index contributed by atoms with van der Waals surface area (Å²) < 4.78 is 0. The van der Waals surface area contributed by atoms with Crippen molar-refractivity contribution in [2.45, 2.75) is 63.1 Å². The van der Waals surface area contributed by atoms with Gasteiger partial charge in [-0.3, -0.25) is 0 Å². The molecule has 2 atom stereocenters. The third-order valence-electron chi connectivity index (χ3n) is 2.17. The zero-order chi connectivity index (χ0) is 10.8. The van der Waals surface area contributed by atoms with Crippen molar-refractivity contribution in [2.24, 2.45) is 0 Å². The van der Waals surface area contributed by atoms with E-state index < -0.39 is 0 Å². The van der Waals surface area contributed by atoms with Gasteiger partial charge in [0.05, 0.1) is 5.38 Å². The van der Waals surface area contributed by atoms with Crippen molar-refractivity contribution < 1.29 is 0 Å². The van der Waals surface area contributed by atoms with Crippen molar-refractivity contribution in [2.75, 3.05) is 0 Å². The van der Waals surface area contributed by atoms with E-state index in [0.717, 1.165) is 6.42 Å². The van der Waals surface area contributed by atoms with Crippen LogP contribution in [-0.4, -0.2) is 10.8 Å². The molecular weight excluding hydrogens is 215 g/mol. The molecule has 0 heterocycles. The molecule has 14 heavy (non-hydrogen) atoms. The van der Waals surface area contributed by atoms with Crippen LogP contribution in [0.25, 0.3) is 0 Å². The fraction of sp³-hybridized carbons (Fsp3) is 0.833. The van der Waals surface area contributed by atoms with Crippen molar-refractivity contribution in [1.82, 2.24) is 0 Å². The molecule has 0 aliphatic carbocycles. The van der Waals surface area contributed by atoms with Gasteiger partial charge in [0.2, 0.25) is 0 Å². The molecule has 0 aliphatic rings. The second kappa shape index (κ2) is 9.86. The summed E-state index contributed by atoms with van der Waals surface area (Å²) in [6.45, 7) is 4.18. The van der Waals surface area contributed by atoms with E-state index in [1.165, 1.54) is 32.1 Å². The number of rotatable bonds is 8. The van der Waals surface area contributed by atoms with E-state index in [4.69, 9.17) is 23.2 Å². The minimum absolute atomic E-state index is 0.0938. The molecule has 0 fully saturated rings. The summed E-state index contributed by atoms with van der Waals surface area (Å²) in [6.07, 6.45) is 11.6. The molecule has 2 heteroatoms. The molecule has 0 rings (SSSR count). The first-order valence-electron chi connectivity index (χ1n) is 5.63. The lowest BCUT2D eigenvalue weighted by Crippen LogP contribution is -1.95. The predicted octanol–water partition coefficient (Wildman–Crippen LogP) is 5.14. The van der Waals surface area contributed by atoms with E-state index in [1.54, 1.807) is 0 Å². The number of alkyl halides is 2. The molecular formula is C12H22Cl2. The van der Waals surface area contributed by atoms with Crippen LogP contribution in [0.2, 0.25) is 0 Å². The third-order valence-corrected chi connectivity index (χ3v) is 2.68. The summed E-state index contributed by atoms with van der Waals surface area (Å²) in [5.74, 6) is 0. The molecule has 0 saturated heterocycles. The lowest BCUT2D eigenvalue weighted by Gasteiger charge is -2.04. The standard InChI is InChI=1S/C12H22Cl2/c1-3-4-5-6-7-8-12(14)10-9-11(2)13/h9-12H,3-8H2,1-2H3. The molecule has 0 aromatic carbocycles. The SMILES string of the molecule is CCCCCCCC(Cl)C=CC(C)Cl. The molecule has 0 aliphatic heterocycles. The molecule has 0 amide bonds. The lowest BCUT2D eigenvalue weighted by molar-refractivity contribution is 0.613. The van der Waals surface area contributed by atoms with Gasteiger partial charge in [-0.1, -0.05) is 51.2 Å². The highest BCUT2D eigenvalue weighted by molar-refractivity contribution is 6.22. The van der Waals surface area contributed by atoms with Gasteiger partial charge in [-0.05, 0) is 13.3 Å². The molecule has 0 nitrogen and oxygen atoms in total. The van der Waals surface area contributed by atoms with Crippen molar-refractivity contribution >= 4 is 23.2 Å². The smallest absolute Gasteiger partial charge is 0.0516 e. The molecule has 0 bridgehead atoms. The molecule has 0 radical (unpaired) electrons. The first-order valence-corrected chi connectivity index (χ1v) is 6.50. The highest BCUT2D eigenvalue weighted by atomic mass is 35.5. The highest BCUT2D eigenvalue weighted by Gasteiger charge is 1.99. The number of halogens is 2. The number of allylic oxidation sites excluding steroid dienone is 2. The number of hydrogen-bond donors (Lipinski definition) is 0. The Bertz CT molecular complexity index is 141. The Morgan fingerprint density at radius 2 is 1.64 bits per heavy atom. The summed E-state index contributed by atoms with van der Waals surface area (Å²) >= 11 is 11.9. The van der Waals surface area contributed by atoms with Gasteiger partial charge < -0.3 is 0 Å².